The van der Waals surface area contributed by atoms with Gasteiger partial charge in [0.15, 0.2) is 0 Å². The smallest absolute Gasteiger partial charge is 0.119 e. The highest BCUT2D eigenvalue weighted by molar-refractivity contribution is 7.09. The summed E-state index contributed by atoms with van der Waals surface area (Å²) >= 11 is 1.69. The largest absolute Gasteiger partial charge is 0.378 e. The second-order valence-corrected chi connectivity index (χ2v) is 5.13. The Morgan fingerprint density at radius 3 is 3.00 bits per heavy atom. The van der Waals surface area contributed by atoms with Crippen LogP contribution in [0.3, 0.4) is 0 Å². The number of aromatic nitrogens is 1. The average Bonchev–Trinajstić information content (AvgIpc) is 2.70. The first-order valence-electron chi connectivity index (χ1n) is 5.66. The van der Waals surface area contributed by atoms with Gasteiger partial charge in [0.05, 0.1) is 12.3 Å². The fraction of sp³-hybridized carbons (Fsp3) is 0.727. The Bertz CT molecular complexity index is 338. The van der Waals surface area contributed by atoms with E-state index in [2.05, 4.69) is 27.5 Å². The van der Waals surface area contributed by atoms with Crippen molar-refractivity contribution in [3.05, 3.63) is 16.1 Å². The zero-order valence-corrected chi connectivity index (χ0v) is 13.2. The summed E-state index contributed by atoms with van der Waals surface area (Å²) in [4.78, 5) is 7.03. The monoisotopic (exact) mass is 313 g/mol. The van der Waals surface area contributed by atoms with Crippen LogP contribution in [0, 0.1) is 0 Å². The second-order valence-electron chi connectivity index (χ2n) is 4.19. The number of hydrogen-bond acceptors (Lipinski definition) is 5. The molecule has 1 saturated heterocycles. The van der Waals surface area contributed by atoms with Crippen LogP contribution in [0.25, 0.3) is 0 Å². The number of thiazole rings is 1. The quantitative estimate of drug-likeness (QED) is 0.921. The molecule has 0 unspecified atom stereocenters. The normalized spacial score (nSPS) is 20.0. The van der Waals surface area contributed by atoms with Gasteiger partial charge in [-0.15, -0.1) is 36.2 Å². The molecule has 0 aliphatic carbocycles. The molecule has 1 fully saturated rings. The van der Waals surface area contributed by atoms with Gasteiger partial charge >= 0.3 is 0 Å². The van der Waals surface area contributed by atoms with Gasteiger partial charge in [0, 0.05) is 44.7 Å². The van der Waals surface area contributed by atoms with Gasteiger partial charge in [-0.3, -0.25) is 4.90 Å². The van der Waals surface area contributed by atoms with Gasteiger partial charge in [0.1, 0.15) is 5.01 Å². The molecule has 4 nitrogen and oxygen atoms in total. The van der Waals surface area contributed by atoms with E-state index in [-0.39, 0.29) is 24.8 Å². The zero-order valence-electron chi connectivity index (χ0n) is 10.7. The number of ether oxygens (including phenoxy) is 1. The lowest BCUT2D eigenvalue weighted by molar-refractivity contribution is 0.163. The number of methoxy groups -OCH3 is 1. The first-order chi connectivity index (χ1) is 7.79. The van der Waals surface area contributed by atoms with E-state index in [1.54, 1.807) is 18.4 Å². The standard InChI is InChI=1S/C11H19N3OS.2ClH/c1-9-5-12-3-4-14(9)6-10-8-16-11(13-10)7-15-2;;/h8-9,12H,3-7H2,1-2H3;2*1H/t9-;;/m0../s1. The van der Waals surface area contributed by atoms with Crippen molar-refractivity contribution in [2.24, 2.45) is 0 Å². The molecular weight excluding hydrogens is 293 g/mol. The average molecular weight is 314 g/mol. The van der Waals surface area contributed by atoms with Crippen LogP contribution in [0.5, 0.6) is 0 Å². The molecule has 0 amide bonds. The zero-order chi connectivity index (χ0) is 11.4. The summed E-state index contributed by atoms with van der Waals surface area (Å²) in [7, 11) is 1.71. The van der Waals surface area contributed by atoms with Gasteiger partial charge in [-0.25, -0.2) is 4.98 Å². The van der Waals surface area contributed by atoms with Crippen molar-refractivity contribution in [2.75, 3.05) is 26.7 Å². The highest BCUT2D eigenvalue weighted by Gasteiger charge is 2.18. The highest BCUT2D eigenvalue weighted by Crippen LogP contribution is 2.14. The maximum Gasteiger partial charge on any atom is 0.119 e. The molecule has 1 aliphatic rings. The van der Waals surface area contributed by atoms with Crippen molar-refractivity contribution in [2.45, 2.75) is 26.1 Å². The Labute approximate surface area is 125 Å². The van der Waals surface area contributed by atoms with Crippen LogP contribution >= 0.6 is 36.2 Å². The fourth-order valence-corrected chi connectivity index (χ4v) is 2.69. The van der Waals surface area contributed by atoms with Crippen LogP contribution in [-0.4, -0.2) is 42.7 Å². The molecule has 1 atom stereocenters. The SMILES string of the molecule is COCc1nc(CN2CCNC[C@@H]2C)cs1.Cl.Cl. The maximum absolute atomic E-state index is 5.08. The van der Waals surface area contributed by atoms with Crippen molar-refractivity contribution in [3.8, 4) is 0 Å². The molecule has 18 heavy (non-hydrogen) atoms. The predicted molar refractivity (Wildman–Crippen MR) is 80.1 cm³/mol. The molecule has 0 saturated carbocycles. The Kier molecular flexibility index (Phi) is 9.11. The lowest BCUT2D eigenvalue weighted by Crippen LogP contribution is -2.49. The van der Waals surface area contributed by atoms with E-state index in [0.29, 0.717) is 12.6 Å². The first kappa shape index (κ1) is 18.1. The third kappa shape index (κ3) is 4.99. The number of nitrogens with zero attached hydrogens (tertiary/aromatic N) is 2. The van der Waals surface area contributed by atoms with E-state index in [9.17, 15) is 0 Å². The van der Waals surface area contributed by atoms with Crippen LogP contribution in [-0.2, 0) is 17.9 Å². The van der Waals surface area contributed by atoms with Gasteiger partial charge in [-0.05, 0) is 6.92 Å². The molecular formula is C11H21Cl2N3OS. The molecule has 7 heteroatoms. The Morgan fingerprint density at radius 1 is 1.56 bits per heavy atom. The molecule has 0 bridgehead atoms. The summed E-state index contributed by atoms with van der Waals surface area (Å²) in [5.41, 5.74) is 1.17. The second kappa shape index (κ2) is 9.07. The van der Waals surface area contributed by atoms with Crippen molar-refractivity contribution in [3.63, 3.8) is 0 Å². The summed E-state index contributed by atoms with van der Waals surface area (Å²) in [5.74, 6) is 0. The summed E-state index contributed by atoms with van der Waals surface area (Å²) in [5, 5.41) is 6.61. The number of hydrogen-bond donors (Lipinski definition) is 1. The minimum absolute atomic E-state index is 0. The van der Waals surface area contributed by atoms with E-state index in [1.165, 1.54) is 5.69 Å². The van der Waals surface area contributed by atoms with Gasteiger partial charge in [0.25, 0.3) is 0 Å². The molecule has 1 N–H and O–H groups in total. The summed E-state index contributed by atoms with van der Waals surface area (Å²) in [6, 6.07) is 0.598. The molecule has 106 valence electrons. The summed E-state index contributed by atoms with van der Waals surface area (Å²) < 4.78 is 5.08. The molecule has 1 aromatic rings. The molecule has 2 heterocycles. The first-order valence-corrected chi connectivity index (χ1v) is 6.54. The molecule has 0 spiro atoms. The number of rotatable bonds is 4. The summed E-state index contributed by atoms with van der Waals surface area (Å²) in [6.07, 6.45) is 0. The topological polar surface area (TPSA) is 37.4 Å². The number of halogens is 2. The van der Waals surface area contributed by atoms with Crippen molar-refractivity contribution in [1.29, 1.82) is 0 Å². The van der Waals surface area contributed by atoms with Gasteiger partial charge < -0.3 is 10.1 Å². The van der Waals surface area contributed by atoms with Crippen molar-refractivity contribution in [1.82, 2.24) is 15.2 Å². The van der Waals surface area contributed by atoms with E-state index in [4.69, 9.17) is 4.74 Å². The Morgan fingerprint density at radius 2 is 2.33 bits per heavy atom. The van der Waals surface area contributed by atoms with Crippen molar-refractivity contribution < 1.29 is 4.74 Å². The van der Waals surface area contributed by atoms with Crippen molar-refractivity contribution >= 4 is 36.2 Å². The minimum atomic E-state index is 0. The van der Waals surface area contributed by atoms with E-state index in [1.807, 2.05) is 0 Å². The Balaban J connectivity index is 0.00000144. The maximum atomic E-state index is 5.08. The van der Waals surface area contributed by atoms with Crippen LogP contribution < -0.4 is 5.32 Å². The number of piperazine rings is 1. The summed E-state index contributed by atoms with van der Waals surface area (Å²) in [6.45, 7) is 7.12. The van der Waals surface area contributed by atoms with Gasteiger partial charge in [-0.1, -0.05) is 0 Å². The lowest BCUT2D eigenvalue weighted by Gasteiger charge is -2.33. The van der Waals surface area contributed by atoms with E-state index < -0.39 is 0 Å². The van der Waals surface area contributed by atoms with E-state index in [0.717, 1.165) is 31.2 Å². The van der Waals surface area contributed by atoms with Crippen LogP contribution in [0.15, 0.2) is 5.38 Å². The predicted octanol–water partition coefficient (Wildman–Crippen LogP) is 1.93. The minimum Gasteiger partial charge on any atom is -0.378 e. The molecule has 2 rings (SSSR count). The Hall–Kier alpha value is 0.0900. The number of nitrogens with one attached hydrogen (secondary N) is 1. The third-order valence-electron chi connectivity index (χ3n) is 2.87. The molecule has 1 aliphatic heterocycles. The highest BCUT2D eigenvalue weighted by atomic mass is 35.5. The molecule has 1 aromatic heterocycles. The van der Waals surface area contributed by atoms with Crippen LogP contribution in [0.4, 0.5) is 0 Å². The molecule has 0 aromatic carbocycles. The van der Waals surface area contributed by atoms with Gasteiger partial charge in [-0.2, -0.15) is 0 Å². The fourth-order valence-electron chi connectivity index (χ4n) is 1.94. The van der Waals surface area contributed by atoms with Crippen LogP contribution in [0.2, 0.25) is 0 Å². The van der Waals surface area contributed by atoms with Crippen LogP contribution in [0.1, 0.15) is 17.6 Å². The third-order valence-corrected chi connectivity index (χ3v) is 3.74. The van der Waals surface area contributed by atoms with Gasteiger partial charge in [0.2, 0.25) is 0 Å². The lowest BCUT2D eigenvalue weighted by atomic mass is 10.2. The molecule has 0 radical (unpaired) electrons. The van der Waals surface area contributed by atoms with E-state index >= 15 is 0 Å².